The lowest BCUT2D eigenvalue weighted by Crippen LogP contribution is -2.10. The van der Waals surface area contributed by atoms with Crippen LogP contribution in [0.2, 0.25) is 5.15 Å². The van der Waals surface area contributed by atoms with Gasteiger partial charge in [0.1, 0.15) is 23.2 Å². The minimum atomic E-state index is -0.774. The number of nitrogens with one attached hydrogen (secondary N) is 1. The standard InChI is InChI=1S/C12H17Cl2N3OS/c1-19(2,4-3-18-7-13)6-9-5-10-11(14)15-8-16-12(10)17-9/h5,8H,3-4,6-7H2,1-2H3,(H,15,16,17). The Kier molecular flexibility index (Phi) is 4.95. The van der Waals surface area contributed by atoms with Gasteiger partial charge in [-0.05, 0) is 18.6 Å². The summed E-state index contributed by atoms with van der Waals surface area (Å²) in [5.74, 6) is 2.00. The fraction of sp³-hybridized carbons (Fsp3) is 0.500. The molecule has 4 nitrogen and oxygen atoms in total. The molecular formula is C12H17Cl2N3OS. The van der Waals surface area contributed by atoms with Gasteiger partial charge in [-0.2, -0.15) is 0 Å². The van der Waals surface area contributed by atoms with Crippen LogP contribution in [0.15, 0.2) is 12.4 Å². The van der Waals surface area contributed by atoms with Crippen LogP contribution in [-0.4, -0.2) is 45.9 Å². The molecule has 0 atom stereocenters. The summed E-state index contributed by atoms with van der Waals surface area (Å²) < 4.78 is 5.22. The number of aromatic nitrogens is 3. The van der Waals surface area contributed by atoms with Crippen LogP contribution in [0, 0.1) is 0 Å². The van der Waals surface area contributed by atoms with E-state index in [1.54, 1.807) is 0 Å². The largest absolute Gasteiger partial charge is 0.365 e. The normalized spacial score (nSPS) is 13.1. The number of halogens is 2. The predicted molar refractivity (Wildman–Crippen MR) is 83.6 cm³/mol. The number of alkyl halides is 1. The maximum Gasteiger partial charge on any atom is 0.142 e. The Morgan fingerprint density at radius 1 is 1.37 bits per heavy atom. The molecule has 2 aromatic heterocycles. The SMILES string of the molecule is CS(C)(CCOCCl)Cc1cc2c(Cl)ncnc2[nH]1. The number of fused-ring (bicyclic) bond motifs is 1. The molecule has 7 heteroatoms. The zero-order valence-corrected chi connectivity index (χ0v) is 13.3. The molecule has 0 saturated heterocycles. The molecular weight excluding hydrogens is 305 g/mol. The molecule has 0 bridgehead atoms. The lowest BCUT2D eigenvalue weighted by Gasteiger charge is -2.30. The molecule has 0 spiro atoms. The third-order valence-corrected chi connectivity index (χ3v) is 5.66. The van der Waals surface area contributed by atoms with Crippen LogP contribution >= 0.6 is 33.2 Å². The van der Waals surface area contributed by atoms with E-state index in [0.717, 1.165) is 28.2 Å². The highest BCUT2D eigenvalue weighted by Gasteiger charge is 2.15. The Labute approximate surface area is 124 Å². The van der Waals surface area contributed by atoms with Crippen molar-refractivity contribution in [1.82, 2.24) is 15.0 Å². The molecule has 0 aliphatic carbocycles. The summed E-state index contributed by atoms with van der Waals surface area (Å²) >= 11 is 11.6. The van der Waals surface area contributed by atoms with Gasteiger partial charge in [0.15, 0.2) is 0 Å². The van der Waals surface area contributed by atoms with E-state index in [1.807, 2.05) is 6.07 Å². The van der Waals surface area contributed by atoms with Crippen LogP contribution in [0.3, 0.4) is 0 Å². The number of ether oxygens (including phenoxy) is 1. The number of aromatic amines is 1. The number of hydrogen-bond acceptors (Lipinski definition) is 3. The van der Waals surface area contributed by atoms with E-state index < -0.39 is 10.0 Å². The number of rotatable bonds is 6. The second kappa shape index (κ2) is 6.31. The molecule has 0 fully saturated rings. The summed E-state index contributed by atoms with van der Waals surface area (Å²) in [5.41, 5.74) is 1.94. The van der Waals surface area contributed by atoms with Gasteiger partial charge >= 0.3 is 0 Å². The second-order valence-corrected chi connectivity index (χ2v) is 9.66. The average Bonchev–Trinajstić information content (AvgIpc) is 2.72. The van der Waals surface area contributed by atoms with E-state index in [1.165, 1.54) is 6.33 Å². The molecule has 0 amide bonds. The van der Waals surface area contributed by atoms with E-state index in [4.69, 9.17) is 27.9 Å². The minimum Gasteiger partial charge on any atom is -0.365 e. The first-order chi connectivity index (χ1) is 9.02. The van der Waals surface area contributed by atoms with Gasteiger partial charge in [-0.3, -0.25) is 0 Å². The van der Waals surface area contributed by atoms with E-state index in [-0.39, 0.29) is 6.07 Å². The fourth-order valence-electron chi connectivity index (χ4n) is 1.87. The predicted octanol–water partition coefficient (Wildman–Crippen LogP) is 3.39. The summed E-state index contributed by atoms with van der Waals surface area (Å²) in [6.07, 6.45) is 6.03. The van der Waals surface area contributed by atoms with Crippen molar-refractivity contribution in [2.45, 2.75) is 5.75 Å². The molecule has 106 valence electrons. The molecule has 2 rings (SSSR count). The third kappa shape index (κ3) is 3.99. The van der Waals surface area contributed by atoms with Gasteiger partial charge in [0.05, 0.1) is 12.0 Å². The van der Waals surface area contributed by atoms with Crippen molar-refractivity contribution in [1.29, 1.82) is 0 Å². The van der Waals surface area contributed by atoms with E-state index in [0.29, 0.717) is 11.8 Å². The van der Waals surface area contributed by atoms with Gasteiger partial charge in [0.25, 0.3) is 0 Å². The van der Waals surface area contributed by atoms with Gasteiger partial charge in [-0.1, -0.05) is 23.2 Å². The van der Waals surface area contributed by atoms with Crippen LogP contribution in [0.1, 0.15) is 5.69 Å². The number of nitrogens with zero attached hydrogens (tertiary/aromatic N) is 2. The van der Waals surface area contributed by atoms with Crippen LogP contribution in [0.4, 0.5) is 0 Å². The molecule has 0 aliphatic rings. The Hall–Kier alpha value is -0.490. The van der Waals surface area contributed by atoms with Crippen molar-refractivity contribution in [2.75, 3.05) is 30.9 Å². The van der Waals surface area contributed by atoms with Gasteiger partial charge in [0.2, 0.25) is 0 Å². The molecule has 2 heterocycles. The molecule has 0 radical (unpaired) electrons. The van der Waals surface area contributed by atoms with Gasteiger partial charge in [-0.25, -0.2) is 20.0 Å². The van der Waals surface area contributed by atoms with E-state index >= 15 is 0 Å². The summed E-state index contributed by atoms with van der Waals surface area (Å²) in [6.45, 7) is 0.701. The lowest BCUT2D eigenvalue weighted by molar-refractivity contribution is 0.197. The molecule has 2 aromatic rings. The molecule has 19 heavy (non-hydrogen) atoms. The molecule has 0 unspecified atom stereocenters. The van der Waals surface area contributed by atoms with Gasteiger partial charge in [-0.15, -0.1) is 0 Å². The van der Waals surface area contributed by atoms with E-state index in [9.17, 15) is 0 Å². The zero-order valence-electron chi connectivity index (χ0n) is 10.9. The van der Waals surface area contributed by atoms with Crippen LogP contribution < -0.4 is 0 Å². The van der Waals surface area contributed by atoms with E-state index in [2.05, 4.69) is 27.5 Å². The highest BCUT2D eigenvalue weighted by atomic mass is 35.5. The monoisotopic (exact) mass is 321 g/mol. The Morgan fingerprint density at radius 2 is 2.16 bits per heavy atom. The molecule has 0 aromatic carbocycles. The highest BCUT2D eigenvalue weighted by molar-refractivity contribution is 8.32. The second-order valence-electron chi connectivity index (χ2n) is 4.85. The maximum atomic E-state index is 6.05. The first-order valence-electron chi connectivity index (χ1n) is 5.82. The van der Waals surface area contributed by atoms with Crippen molar-refractivity contribution in [2.24, 2.45) is 0 Å². The summed E-state index contributed by atoms with van der Waals surface area (Å²) in [5, 5.41) is 1.37. The van der Waals surface area contributed by atoms with Crippen LogP contribution in [-0.2, 0) is 10.5 Å². The number of H-pyrrole nitrogens is 1. The van der Waals surface area contributed by atoms with Crippen molar-refractivity contribution in [3.63, 3.8) is 0 Å². The summed E-state index contributed by atoms with van der Waals surface area (Å²) in [7, 11) is -0.774. The quantitative estimate of drug-likeness (QED) is 0.504. The molecule has 0 aliphatic heterocycles. The maximum absolute atomic E-state index is 6.05. The lowest BCUT2D eigenvalue weighted by atomic mass is 10.4. The highest BCUT2D eigenvalue weighted by Crippen LogP contribution is 2.43. The van der Waals surface area contributed by atoms with Gasteiger partial charge < -0.3 is 9.72 Å². The van der Waals surface area contributed by atoms with Gasteiger partial charge in [0, 0.05) is 17.2 Å². The smallest absolute Gasteiger partial charge is 0.142 e. The topological polar surface area (TPSA) is 50.8 Å². The summed E-state index contributed by atoms with van der Waals surface area (Å²) in [6, 6.07) is 2.29. The molecule has 0 saturated carbocycles. The average molecular weight is 322 g/mol. The first-order valence-corrected chi connectivity index (χ1v) is 9.52. The summed E-state index contributed by atoms with van der Waals surface area (Å²) in [4.78, 5) is 11.5. The van der Waals surface area contributed by atoms with Crippen molar-refractivity contribution in [3.05, 3.63) is 23.2 Å². The fourth-order valence-corrected chi connectivity index (χ4v) is 3.88. The van der Waals surface area contributed by atoms with Crippen molar-refractivity contribution >= 4 is 44.3 Å². The minimum absolute atomic E-state index is 0.257. The first kappa shape index (κ1) is 14.9. The zero-order chi connectivity index (χ0) is 13.9. The Balaban J connectivity index is 2.10. The van der Waals surface area contributed by atoms with Crippen molar-refractivity contribution < 1.29 is 4.74 Å². The number of hydrogen-bond donors (Lipinski definition) is 1. The van der Waals surface area contributed by atoms with Crippen LogP contribution in [0.25, 0.3) is 11.0 Å². The van der Waals surface area contributed by atoms with Crippen molar-refractivity contribution in [3.8, 4) is 0 Å². The Morgan fingerprint density at radius 3 is 2.84 bits per heavy atom. The third-order valence-electron chi connectivity index (χ3n) is 2.84. The molecule has 1 N–H and O–H groups in total. The Bertz CT molecular complexity index is 559. The van der Waals surface area contributed by atoms with Crippen LogP contribution in [0.5, 0.6) is 0 Å².